The normalized spacial score (nSPS) is 18.4. The van der Waals surface area contributed by atoms with E-state index >= 15 is 0 Å². The Balaban J connectivity index is 1.70. The summed E-state index contributed by atoms with van der Waals surface area (Å²) in [5.74, 6) is 0.807. The minimum atomic E-state index is -3.85. The fraction of sp³-hybridized carbons (Fsp3) is 0.267. The average Bonchev–Trinajstić information content (AvgIpc) is 3.03. The largest absolute Gasteiger partial charge is 0.355 e. The van der Waals surface area contributed by atoms with Crippen LogP contribution >= 0.6 is 0 Å². The monoisotopic (exact) mass is 382 g/mol. The number of aromatic nitrogens is 1. The van der Waals surface area contributed by atoms with Gasteiger partial charge in [0, 0.05) is 25.3 Å². The first kappa shape index (κ1) is 17.8. The first-order valence-electron chi connectivity index (χ1n) is 7.57. The van der Waals surface area contributed by atoms with E-state index in [1.54, 1.807) is 6.20 Å². The first-order chi connectivity index (χ1) is 11.8. The van der Waals surface area contributed by atoms with Gasteiger partial charge < -0.3 is 4.90 Å². The van der Waals surface area contributed by atoms with Gasteiger partial charge in [0.25, 0.3) is 0 Å². The molecule has 1 aromatic carbocycles. The third kappa shape index (κ3) is 4.15. The second-order valence-corrected chi connectivity index (χ2v) is 9.03. The van der Waals surface area contributed by atoms with Gasteiger partial charge in [-0.1, -0.05) is 6.07 Å². The van der Waals surface area contributed by atoms with E-state index in [1.807, 2.05) is 23.1 Å². The molecular formula is C15H18N4O4S2. The van der Waals surface area contributed by atoms with Crippen LogP contribution in [0.2, 0.25) is 0 Å². The van der Waals surface area contributed by atoms with E-state index in [4.69, 9.17) is 5.14 Å². The van der Waals surface area contributed by atoms with E-state index < -0.39 is 20.0 Å². The fourth-order valence-corrected chi connectivity index (χ4v) is 4.48. The van der Waals surface area contributed by atoms with Crippen molar-refractivity contribution in [1.29, 1.82) is 0 Å². The molecule has 0 bridgehead atoms. The highest BCUT2D eigenvalue weighted by molar-refractivity contribution is 7.89. The highest BCUT2D eigenvalue weighted by atomic mass is 32.2. The summed E-state index contributed by atoms with van der Waals surface area (Å²) in [4.78, 5) is 6.14. The van der Waals surface area contributed by atoms with E-state index in [2.05, 4.69) is 9.71 Å². The van der Waals surface area contributed by atoms with Crippen LogP contribution < -0.4 is 14.8 Å². The molecule has 0 amide bonds. The van der Waals surface area contributed by atoms with Gasteiger partial charge in [0.15, 0.2) is 0 Å². The predicted molar refractivity (Wildman–Crippen MR) is 93.0 cm³/mol. The molecule has 25 heavy (non-hydrogen) atoms. The maximum absolute atomic E-state index is 12.5. The Morgan fingerprint density at radius 3 is 2.32 bits per heavy atom. The van der Waals surface area contributed by atoms with Crippen LogP contribution in [0.15, 0.2) is 58.5 Å². The number of sulfonamides is 2. The molecule has 0 spiro atoms. The lowest BCUT2D eigenvalue weighted by molar-refractivity contribution is 0.561. The summed E-state index contributed by atoms with van der Waals surface area (Å²) in [6.07, 6.45) is 2.35. The SMILES string of the molecule is NS(=O)(=O)c1ccc(S(=O)(=O)NC2CCN(c3ccccn3)C2)cc1. The first-order valence-corrected chi connectivity index (χ1v) is 10.6. The van der Waals surface area contributed by atoms with Gasteiger partial charge in [0.1, 0.15) is 5.82 Å². The molecule has 1 atom stereocenters. The number of hydrogen-bond acceptors (Lipinski definition) is 6. The van der Waals surface area contributed by atoms with Crippen LogP contribution in [0.1, 0.15) is 6.42 Å². The summed E-state index contributed by atoms with van der Waals surface area (Å²) in [6.45, 7) is 1.22. The average molecular weight is 382 g/mol. The predicted octanol–water partition coefficient (Wildman–Crippen LogP) is 0.286. The summed E-state index contributed by atoms with van der Waals surface area (Å²) in [7, 11) is -7.60. The van der Waals surface area contributed by atoms with Crippen molar-refractivity contribution in [3.63, 3.8) is 0 Å². The maximum Gasteiger partial charge on any atom is 0.240 e. The molecule has 2 heterocycles. The Bertz CT molecular complexity index is 945. The Morgan fingerprint density at radius 1 is 1.04 bits per heavy atom. The molecule has 134 valence electrons. The number of rotatable bonds is 5. The second kappa shape index (κ2) is 6.71. The van der Waals surface area contributed by atoms with E-state index in [1.165, 1.54) is 24.3 Å². The highest BCUT2D eigenvalue weighted by Gasteiger charge is 2.28. The second-order valence-electron chi connectivity index (χ2n) is 5.76. The third-order valence-electron chi connectivity index (χ3n) is 3.95. The third-order valence-corrected chi connectivity index (χ3v) is 6.41. The minimum Gasteiger partial charge on any atom is -0.355 e. The molecule has 3 N–H and O–H groups in total. The van der Waals surface area contributed by atoms with Gasteiger partial charge in [-0.2, -0.15) is 0 Å². The van der Waals surface area contributed by atoms with Crippen molar-refractivity contribution in [2.75, 3.05) is 18.0 Å². The number of nitrogens with two attached hydrogens (primary N) is 1. The molecule has 10 heteroatoms. The topological polar surface area (TPSA) is 122 Å². The molecule has 1 aliphatic heterocycles. The van der Waals surface area contributed by atoms with Gasteiger partial charge in [0.05, 0.1) is 9.79 Å². The lowest BCUT2D eigenvalue weighted by atomic mass is 10.3. The van der Waals surface area contributed by atoms with Crippen molar-refractivity contribution in [3.8, 4) is 0 Å². The molecule has 0 radical (unpaired) electrons. The van der Waals surface area contributed by atoms with Crippen molar-refractivity contribution in [3.05, 3.63) is 48.7 Å². The quantitative estimate of drug-likeness (QED) is 0.766. The van der Waals surface area contributed by atoms with Gasteiger partial charge in [0.2, 0.25) is 20.0 Å². The van der Waals surface area contributed by atoms with Crippen molar-refractivity contribution in [2.45, 2.75) is 22.3 Å². The Labute approximate surface area is 146 Å². The molecule has 0 aliphatic carbocycles. The molecule has 0 saturated carbocycles. The number of primary sulfonamides is 1. The van der Waals surface area contributed by atoms with Crippen LogP contribution in [0, 0.1) is 0 Å². The summed E-state index contributed by atoms with van der Waals surface area (Å²) < 4.78 is 50.1. The van der Waals surface area contributed by atoms with Gasteiger partial charge >= 0.3 is 0 Å². The summed E-state index contributed by atoms with van der Waals surface area (Å²) in [5.41, 5.74) is 0. The van der Waals surface area contributed by atoms with E-state index in [-0.39, 0.29) is 15.8 Å². The van der Waals surface area contributed by atoms with Crippen molar-refractivity contribution in [1.82, 2.24) is 9.71 Å². The van der Waals surface area contributed by atoms with E-state index in [0.717, 1.165) is 5.82 Å². The lowest BCUT2D eigenvalue weighted by Crippen LogP contribution is -2.37. The zero-order chi connectivity index (χ0) is 18.1. The summed E-state index contributed by atoms with van der Waals surface area (Å²) in [6, 6.07) is 10.2. The van der Waals surface area contributed by atoms with Crippen LogP contribution in [0.3, 0.4) is 0 Å². The molecular weight excluding hydrogens is 364 g/mol. The molecule has 1 aromatic heterocycles. The lowest BCUT2D eigenvalue weighted by Gasteiger charge is -2.17. The van der Waals surface area contributed by atoms with Gasteiger partial charge in [-0.3, -0.25) is 0 Å². The van der Waals surface area contributed by atoms with E-state index in [9.17, 15) is 16.8 Å². The number of nitrogens with zero attached hydrogens (tertiary/aromatic N) is 2. The summed E-state index contributed by atoms with van der Waals surface area (Å²) >= 11 is 0. The van der Waals surface area contributed by atoms with Gasteiger partial charge in [-0.15, -0.1) is 0 Å². The number of nitrogens with one attached hydrogen (secondary N) is 1. The molecule has 1 saturated heterocycles. The molecule has 2 aromatic rings. The Morgan fingerprint density at radius 2 is 1.72 bits per heavy atom. The maximum atomic E-state index is 12.5. The van der Waals surface area contributed by atoms with Crippen molar-refractivity contribution < 1.29 is 16.8 Å². The highest BCUT2D eigenvalue weighted by Crippen LogP contribution is 2.20. The fourth-order valence-electron chi connectivity index (χ4n) is 2.70. The van der Waals surface area contributed by atoms with Gasteiger partial charge in [-0.05, 0) is 42.8 Å². The smallest absolute Gasteiger partial charge is 0.240 e. The van der Waals surface area contributed by atoms with E-state index in [0.29, 0.717) is 19.5 Å². The molecule has 3 rings (SSSR count). The zero-order valence-corrected chi connectivity index (χ0v) is 14.9. The number of pyridine rings is 1. The summed E-state index contributed by atoms with van der Waals surface area (Å²) in [5, 5.41) is 5.01. The van der Waals surface area contributed by atoms with Crippen LogP contribution in [-0.2, 0) is 20.0 Å². The van der Waals surface area contributed by atoms with Crippen LogP contribution in [0.4, 0.5) is 5.82 Å². The van der Waals surface area contributed by atoms with Crippen LogP contribution in [-0.4, -0.2) is 41.0 Å². The minimum absolute atomic E-state index is 0.00353. The molecule has 1 unspecified atom stereocenters. The van der Waals surface area contributed by atoms with Gasteiger partial charge in [-0.25, -0.2) is 31.7 Å². The number of benzene rings is 1. The Hall–Kier alpha value is -2.01. The Kier molecular flexibility index (Phi) is 4.78. The molecule has 8 nitrogen and oxygen atoms in total. The molecule has 1 aliphatic rings. The van der Waals surface area contributed by atoms with Crippen LogP contribution in [0.5, 0.6) is 0 Å². The standard InChI is InChI=1S/C15H18N4O4S2/c16-24(20,21)13-4-6-14(7-5-13)25(22,23)18-12-8-10-19(11-12)15-3-1-2-9-17-15/h1-7,9,12,18H,8,10-11H2,(H2,16,20,21). The zero-order valence-electron chi connectivity index (χ0n) is 13.2. The van der Waals surface area contributed by atoms with Crippen molar-refractivity contribution in [2.24, 2.45) is 5.14 Å². The molecule has 1 fully saturated rings. The van der Waals surface area contributed by atoms with Crippen molar-refractivity contribution >= 4 is 25.9 Å². The van der Waals surface area contributed by atoms with Crippen LogP contribution in [0.25, 0.3) is 0 Å². The number of anilines is 1. The number of hydrogen-bond donors (Lipinski definition) is 2.